The molecule has 0 amide bonds. The van der Waals surface area contributed by atoms with Crippen molar-refractivity contribution in [3.05, 3.63) is 29.3 Å². The van der Waals surface area contributed by atoms with Gasteiger partial charge in [-0.25, -0.2) is 0 Å². The van der Waals surface area contributed by atoms with Crippen molar-refractivity contribution in [2.24, 2.45) is 10.3 Å². The molecule has 1 fully saturated rings. The van der Waals surface area contributed by atoms with Crippen LogP contribution in [0.15, 0.2) is 28.5 Å². The van der Waals surface area contributed by atoms with Crippen LogP contribution >= 0.6 is 0 Å². The van der Waals surface area contributed by atoms with E-state index in [1.165, 1.54) is 24.0 Å². The predicted molar refractivity (Wildman–Crippen MR) is 61.2 cm³/mol. The first-order chi connectivity index (χ1) is 7.24. The van der Waals surface area contributed by atoms with Crippen LogP contribution in [0.4, 0.5) is 5.69 Å². The molecule has 2 rings (SSSR count). The van der Waals surface area contributed by atoms with E-state index in [-0.39, 0.29) is 0 Å². The third-order valence-corrected chi connectivity index (χ3v) is 2.58. The van der Waals surface area contributed by atoms with Crippen LogP contribution < -0.4 is 0 Å². The lowest BCUT2D eigenvalue weighted by atomic mass is 10.1. The number of hydrogen-bond donors (Lipinski definition) is 0. The van der Waals surface area contributed by atoms with Crippen molar-refractivity contribution >= 4 is 5.69 Å². The van der Waals surface area contributed by atoms with Gasteiger partial charge < -0.3 is 0 Å². The molecule has 0 unspecified atom stereocenters. The Morgan fingerprint density at radius 3 is 2.20 bits per heavy atom. The molecule has 0 N–H and O–H groups in total. The van der Waals surface area contributed by atoms with Gasteiger partial charge in [0.2, 0.25) is 0 Å². The van der Waals surface area contributed by atoms with Crippen LogP contribution in [0.1, 0.15) is 24.0 Å². The van der Waals surface area contributed by atoms with Crippen molar-refractivity contribution in [2.75, 3.05) is 13.1 Å². The highest BCUT2D eigenvalue weighted by atomic mass is 15.5. The van der Waals surface area contributed by atoms with Crippen LogP contribution in [0.2, 0.25) is 0 Å². The summed E-state index contributed by atoms with van der Waals surface area (Å²) < 4.78 is 0. The topological polar surface area (TPSA) is 28.0 Å². The SMILES string of the molecule is Cc1cc(C)cc(N=NN2CCCC2)c1. The first-order valence-electron chi connectivity index (χ1n) is 5.49. The van der Waals surface area contributed by atoms with Crippen LogP contribution in [0.5, 0.6) is 0 Å². The second-order valence-electron chi connectivity index (χ2n) is 4.20. The minimum absolute atomic E-state index is 0.958. The Hall–Kier alpha value is -1.38. The average molecular weight is 203 g/mol. The number of aryl methyl sites for hydroxylation is 2. The highest BCUT2D eigenvalue weighted by molar-refractivity contribution is 5.42. The maximum absolute atomic E-state index is 4.26. The molecule has 1 aromatic rings. The molecule has 0 radical (unpaired) electrons. The molecule has 1 aliphatic rings. The van der Waals surface area contributed by atoms with Gasteiger partial charge in [0, 0.05) is 13.1 Å². The van der Waals surface area contributed by atoms with E-state index < -0.39 is 0 Å². The zero-order valence-corrected chi connectivity index (χ0v) is 9.40. The number of nitrogens with zero attached hydrogens (tertiary/aromatic N) is 3. The van der Waals surface area contributed by atoms with Crippen LogP contribution in [-0.2, 0) is 0 Å². The molecule has 1 saturated heterocycles. The Morgan fingerprint density at radius 1 is 1.00 bits per heavy atom. The van der Waals surface area contributed by atoms with E-state index in [2.05, 4.69) is 42.4 Å². The highest BCUT2D eigenvalue weighted by Gasteiger charge is 2.08. The first kappa shape index (κ1) is 10.1. The molecule has 0 bridgehead atoms. The molecule has 1 aliphatic heterocycles. The molecule has 3 heteroatoms. The van der Waals surface area contributed by atoms with Crippen molar-refractivity contribution in [1.82, 2.24) is 5.01 Å². The van der Waals surface area contributed by atoms with E-state index in [0.717, 1.165) is 18.8 Å². The molecule has 0 saturated carbocycles. The Balaban J connectivity index is 2.09. The van der Waals surface area contributed by atoms with E-state index in [9.17, 15) is 0 Å². The fraction of sp³-hybridized carbons (Fsp3) is 0.500. The minimum atomic E-state index is 0.958. The van der Waals surface area contributed by atoms with Gasteiger partial charge in [0.05, 0.1) is 5.69 Å². The van der Waals surface area contributed by atoms with Crippen molar-refractivity contribution in [3.63, 3.8) is 0 Å². The monoisotopic (exact) mass is 203 g/mol. The summed E-state index contributed by atoms with van der Waals surface area (Å²) in [6.45, 7) is 6.27. The van der Waals surface area contributed by atoms with E-state index in [1.54, 1.807) is 0 Å². The summed E-state index contributed by atoms with van der Waals surface area (Å²) in [6, 6.07) is 6.27. The third kappa shape index (κ3) is 2.78. The second kappa shape index (κ2) is 4.43. The van der Waals surface area contributed by atoms with Crippen molar-refractivity contribution in [3.8, 4) is 0 Å². The Morgan fingerprint density at radius 2 is 1.60 bits per heavy atom. The first-order valence-corrected chi connectivity index (χ1v) is 5.49. The van der Waals surface area contributed by atoms with Gasteiger partial charge in [-0.15, -0.1) is 5.11 Å². The molecule has 0 aliphatic carbocycles. The van der Waals surface area contributed by atoms with Gasteiger partial charge in [-0.2, -0.15) is 0 Å². The summed E-state index contributed by atoms with van der Waals surface area (Å²) in [5, 5.41) is 10.5. The van der Waals surface area contributed by atoms with Gasteiger partial charge in [-0.05, 0) is 49.9 Å². The molecule has 1 heterocycles. The Bertz CT molecular complexity index is 345. The van der Waals surface area contributed by atoms with Gasteiger partial charge in [0.1, 0.15) is 0 Å². The molecule has 0 aromatic heterocycles. The van der Waals surface area contributed by atoms with Gasteiger partial charge >= 0.3 is 0 Å². The van der Waals surface area contributed by atoms with Gasteiger partial charge in [0.25, 0.3) is 0 Å². The molecular formula is C12H17N3. The molecule has 1 aromatic carbocycles. The zero-order chi connectivity index (χ0) is 10.7. The maximum Gasteiger partial charge on any atom is 0.0879 e. The van der Waals surface area contributed by atoms with E-state index in [1.807, 2.05) is 5.01 Å². The van der Waals surface area contributed by atoms with Gasteiger partial charge in [-0.1, -0.05) is 11.3 Å². The largest absolute Gasteiger partial charge is 0.278 e. The summed E-state index contributed by atoms with van der Waals surface area (Å²) in [5.74, 6) is 0. The van der Waals surface area contributed by atoms with Crippen LogP contribution in [0.3, 0.4) is 0 Å². The normalized spacial score (nSPS) is 16.5. The third-order valence-electron chi connectivity index (χ3n) is 2.58. The highest BCUT2D eigenvalue weighted by Crippen LogP contribution is 2.18. The molecule has 0 spiro atoms. The molecule has 3 nitrogen and oxygen atoms in total. The van der Waals surface area contributed by atoms with Crippen molar-refractivity contribution < 1.29 is 0 Å². The molecule has 15 heavy (non-hydrogen) atoms. The maximum atomic E-state index is 4.26. The van der Waals surface area contributed by atoms with Gasteiger partial charge in [-0.3, -0.25) is 5.01 Å². The second-order valence-corrected chi connectivity index (χ2v) is 4.20. The molecule has 0 atom stereocenters. The lowest BCUT2D eigenvalue weighted by Crippen LogP contribution is -2.09. The number of rotatable bonds is 2. The molecule has 80 valence electrons. The summed E-state index contributed by atoms with van der Waals surface area (Å²) in [6.07, 6.45) is 2.48. The molecular weight excluding hydrogens is 186 g/mol. The predicted octanol–water partition coefficient (Wildman–Crippen LogP) is 3.40. The average Bonchev–Trinajstić information content (AvgIpc) is 2.65. The van der Waals surface area contributed by atoms with Crippen LogP contribution in [0, 0.1) is 13.8 Å². The smallest absolute Gasteiger partial charge is 0.0879 e. The van der Waals surface area contributed by atoms with Crippen molar-refractivity contribution in [1.29, 1.82) is 0 Å². The fourth-order valence-electron chi connectivity index (χ4n) is 1.91. The number of hydrogen-bond acceptors (Lipinski definition) is 2. The minimum Gasteiger partial charge on any atom is -0.278 e. The lowest BCUT2D eigenvalue weighted by molar-refractivity contribution is 0.336. The van der Waals surface area contributed by atoms with Crippen molar-refractivity contribution in [2.45, 2.75) is 26.7 Å². The Labute approximate surface area is 90.8 Å². The van der Waals surface area contributed by atoms with E-state index in [0.29, 0.717) is 0 Å². The summed E-state index contributed by atoms with van der Waals surface area (Å²) >= 11 is 0. The van der Waals surface area contributed by atoms with E-state index >= 15 is 0 Å². The summed E-state index contributed by atoms with van der Waals surface area (Å²) in [4.78, 5) is 0. The summed E-state index contributed by atoms with van der Waals surface area (Å²) in [5.41, 5.74) is 3.44. The lowest BCUT2D eigenvalue weighted by Gasteiger charge is -2.07. The quantitative estimate of drug-likeness (QED) is 0.677. The van der Waals surface area contributed by atoms with Gasteiger partial charge in [0.15, 0.2) is 0 Å². The van der Waals surface area contributed by atoms with Crippen LogP contribution in [-0.4, -0.2) is 18.1 Å². The summed E-state index contributed by atoms with van der Waals surface area (Å²) in [7, 11) is 0. The van der Waals surface area contributed by atoms with E-state index in [4.69, 9.17) is 0 Å². The standard InChI is InChI=1S/C12H17N3/c1-10-7-11(2)9-12(8-10)13-14-15-5-3-4-6-15/h7-9H,3-6H2,1-2H3. The zero-order valence-electron chi connectivity index (χ0n) is 9.40. The Kier molecular flexibility index (Phi) is 2.99. The van der Waals surface area contributed by atoms with Crippen LogP contribution in [0.25, 0.3) is 0 Å². The number of benzene rings is 1. The fourth-order valence-corrected chi connectivity index (χ4v) is 1.91.